The van der Waals surface area contributed by atoms with Gasteiger partial charge in [0.15, 0.2) is 0 Å². The summed E-state index contributed by atoms with van der Waals surface area (Å²) in [6.45, 7) is 0.556. The predicted molar refractivity (Wildman–Crippen MR) is 82.7 cm³/mol. The van der Waals surface area contributed by atoms with E-state index in [0.717, 1.165) is 6.42 Å². The van der Waals surface area contributed by atoms with E-state index in [2.05, 4.69) is 17.4 Å². The number of carbonyl (C=O) groups is 1. The molecule has 1 heterocycles. The zero-order chi connectivity index (χ0) is 13.9. The molecule has 1 saturated carbocycles. The summed E-state index contributed by atoms with van der Waals surface area (Å²) in [4.78, 5) is 13.7. The fourth-order valence-corrected chi connectivity index (χ4v) is 4.54. The minimum atomic E-state index is 0.0165. The van der Waals surface area contributed by atoms with Gasteiger partial charge in [-0.3, -0.25) is 4.79 Å². The van der Waals surface area contributed by atoms with Gasteiger partial charge in [-0.05, 0) is 36.8 Å². The van der Waals surface area contributed by atoms with Crippen molar-refractivity contribution < 1.29 is 4.79 Å². The third kappa shape index (κ3) is 2.86. The number of fused-ring (bicyclic) bond motifs is 1. The van der Waals surface area contributed by atoms with E-state index in [1.807, 2.05) is 12.1 Å². The van der Waals surface area contributed by atoms with Crippen LogP contribution in [-0.2, 0) is 11.2 Å². The molecule has 0 bridgehead atoms. The molecule has 0 saturated heterocycles. The SMILES string of the molecule is NCC(NC(=O)C1Cc2ccccc2S1)C1CCCC1. The van der Waals surface area contributed by atoms with Gasteiger partial charge in [0.25, 0.3) is 0 Å². The van der Waals surface area contributed by atoms with Gasteiger partial charge in [-0.15, -0.1) is 11.8 Å². The summed E-state index contributed by atoms with van der Waals surface area (Å²) in [6, 6.07) is 8.46. The lowest BCUT2D eigenvalue weighted by atomic mass is 9.98. The van der Waals surface area contributed by atoms with Crippen LogP contribution >= 0.6 is 11.8 Å². The molecule has 1 aliphatic heterocycles. The Kier molecular flexibility index (Phi) is 4.32. The highest BCUT2D eigenvalue weighted by Crippen LogP contribution is 2.37. The Labute approximate surface area is 124 Å². The van der Waals surface area contributed by atoms with Crippen LogP contribution in [0.4, 0.5) is 0 Å². The molecular formula is C16H22N2OS. The summed E-state index contributed by atoms with van der Waals surface area (Å²) >= 11 is 1.69. The number of hydrogen-bond donors (Lipinski definition) is 2. The molecule has 3 nitrogen and oxygen atoms in total. The highest BCUT2D eigenvalue weighted by Gasteiger charge is 2.31. The molecule has 2 atom stereocenters. The monoisotopic (exact) mass is 290 g/mol. The van der Waals surface area contributed by atoms with Crippen molar-refractivity contribution in [3.63, 3.8) is 0 Å². The lowest BCUT2D eigenvalue weighted by Crippen LogP contribution is -2.47. The average Bonchev–Trinajstić information content (AvgIpc) is 3.13. The van der Waals surface area contributed by atoms with Crippen LogP contribution in [0.1, 0.15) is 31.2 Å². The van der Waals surface area contributed by atoms with Gasteiger partial charge in [0, 0.05) is 17.5 Å². The molecule has 0 aromatic heterocycles. The summed E-state index contributed by atoms with van der Waals surface area (Å²) in [5, 5.41) is 3.22. The summed E-state index contributed by atoms with van der Waals surface area (Å²) < 4.78 is 0. The average molecular weight is 290 g/mol. The Bertz CT molecular complexity index is 460. The lowest BCUT2D eigenvalue weighted by molar-refractivity contribution is -0.121. The Morgan fingerprint density at radius 2 is 2.10 bits per heavy atom. The first-order valence-electron chi connectivity index (χ1n) is 7.53. The molecule has 1 aliphatic carbocycles. The van der Waals surface area contributed by atoms with E-state index in [4.69, 9.17) is 5.73 Å². The Morgan fingerprint density at radius 3 is 2.80 bits per heavy atom. The zero-order valence-corrected chi connectivity index (χ0v) is 12.5. The van der Waals surface area contributed by atoms with Crippen molar-refractivity contribution >= 4 is 17.7 Å². The first-order chi connectivity index (χ1) is 9.78. The summed E-state index contributed by atoms with van der Waals surface area (Å²) in [5.74, 6) is 0.742. The van der Waals surface area contributed by atoms with Crippen LogP contribution in [0.3, 0.4) is 0 Å². The normalized spacial score (nSPS) is 23.6. The molecule has 3 rings (SSSR count). The van der Waals surface area contributed by atoms with Crippen LogP contribution in [0.15, 0.2) is 29.2 Å². The standard InChI is InChI=1S/C16H22N2OS/c17-10-13(11-5-1-2-6-11)18-16(19)15-9-12-7-3-4-8-14(12)20-15/h3-4,7-8,11,13,15H,1-2,5-6,9-10,17H2,(H,18,19). The third-order valence-electron chi connectivity index (χ3n) is 4.49. The molecule has 1 amide bonds. The molecule has 0 radical (unpaired) electrons. The fourth-order valence-electron chi connectivity index (χ4n) is 3.33. The van der Waals surface area contributed by atoms with Crippen molar-refractivity contribution in [2.45, 2.75) is 48.3 Å². The van der Waals surface area contributed by atoms with Gasteiger partial charge in [-0.25, -0.2) is 0 Å². The summed E-state index contributed by atoms with van der Waals surface area (Å²) in [7, 11) is 0. The maximum Gasteiger partial charge on any atom is 0.234 e. The Morgan fingerprint density at radius 1 is 1.35 bits per heavy atom. The summed E-state index contributed by atoms with van der Waals surface area (Å²) in [5.41, 5.74) is 7.16. The first-order valence-corrected chi connectivity index (χ1v) is 8.41. The van der Waals surface area contributed by atoms with Crippen LogP contribution < -0.4 is 11.1 Å². The fraction of sp³-hybridized carbons (Fsp3) is 0.562. The number of nitrogens with two attached hydrogens (primary N) is 1. The van der Waals surface area contributed by atoms with Crippen molar-refractivity contribution in [2.75, 3.05) is 6.54 Å². The molecule has 20 heavy (non-hydrogen) atoms. The minimum absolute atomic E-state index is 0.0165. The quantitative estimate of drug-likeness (QED) is 0.895. The minimum Gasteiger partial charge on any atom is -0.351 e. The highest BCUT2D eigenvalue weighted by atomic mass is 32.2. The molecule has 2 unspecified atom stereocenters. The van der Waals surface area contributed by atoms with E-state index in [-0.39, 0.29) is 17.2 Å². The number of amides is 1. The van der Waals surface area contributed by atoms with Gasteiger partial charge in [0.1, 0.15) is 0 Å². The Hall–Kier alpha value is -1.00. The number of nitrogens with one attached hydrogen (secondary N) is 1. The van der Waals surface area contributed by atoms with Crippen molar-refractivity contribution in [1.29, 1.82) is 0 Å². The van der Waals surface area contributed by atoms with Crippen molar-refractivity contribution in [3.05, 3.63) is 29.8 Å². The van der Waals surface area contributed by atoms with E-state index in [0.29, 0.717) is 12.5 Å². The molecule has 3 N–H and O–H groups in total. The molecule has 1 aromatic rings. The second kappa shape index (κ2) is 6.19. The largest absolute Gasteiger partial charge is 0.351 e. The van der Waals surface area contributed by atoms with Crippen molar-refractivity contribution in [1.82, 2.24) is 5.32 Å². The molecule has 2 aliphatic rings. The molecule has 1 fully saturated rings. The van der Waals surface area contributed by atoms with Gasteiger partial charge in [-0.1, -0.05) is 31.0 Å². The number of carbonyl (C=O) groups excluding carboxylic acids is 1. The lowest BCUT2D eigenvalue weighted by Gasteiger charge is -2.24. The van der Waals surface area contributed by atoms with E-state index in [1.54, 1.807) is 11.8 Å². The molecule has 108 valence electrons. The second-order valence-electron chi connectivity index (χ2n) is 5.81. The van der Waals surface area contributed by atoms with E-state index in [1.165, 1.54) is 36.1 Å². The van der Waals surface area contributed by atoms with Gasteiger partial charge in [0.05, 0.1) is 5.25 Å². The topological polar surface area (TPSA) is 55.1 Å². The van der Waals surface area contributed by atoms with Gasteiger partial charge in [-0.2, -0.15) is 0 Å². The Balaban J connectivity index is 1.60. The first kappa shape index (κ1) is 14.0. The maximum atomic E-state index is 12.5. The number of rotatable bonds is 4. The number of thioether (sulfide) groups is 1. The molecular weight excluding hydrogens is 268 g/mol. The van der Waals surface area contributed by atoms with Gasteiger partial charge < -0.3 is 11.1 Å². The predicted octanol–water partition coefficient (Wildman–Crippen LogP) is 2.34. The van der Waals surface area contributed by atoms with E-state index in [9.17, 15) is 4.79 Å². The number of hydrogen-bond acceptors (Lipinski definition) is 3. The molecule has 1 aromatic carbocycles. The van der Waals surface area contributed by atoms with Crippen molar-refractivity contribution in [2.24, 2.45) is 11.7 Å². The van der Waals surface area contributed by atoms with Crippen LogP contribution in [-0.4, -0.2) is 23.7 Å². The van der Waals surface area contributed by atoms with Crippen LogP contribution in [0.5, 0.6) is 0 Å². The van der Waals surface area contributed by atoms with Gasteiger partial charge in [0.2, 0.25) is 5.91 Å². The number of benzene rings is 1. The smallest absolute Gasteiger partial charge is 0.234 e. The van der Waals surface area contributed by atoms with Crippen molar-refractivity contribution in [3.8, 4) is 0 Å². The second-order valence-corrected chi connectivity index (χ2v) is 7.06. The maximum absolute atomic E-state index is 12.5. The highest BCUT2D eigenvalue weighted by molar-refractivity contribution is 8.01. The zero-order valence-electron chi connectivity index (χ0n) is 11.7. The third-order valence-corrected chi connectivity index (χ3v) is 5.81. The molecule has 4 heteroatoms. The van der Waals surface area contributed by atoms with Crippen LogP contribution in [0.2, 0.25) is 0 Å². The summed E-state index contributed by atoms with van der Waals surface area (Å²) in [6.07, 6.45) is 5.82. The van der Waals surface area contributed by atoms with Crippen LogP contribution in [0, 0.1) is 5.92 Å². The van der Waals surface area contributed by atoms with Crippen LogP contribution in [0.25, 0.3) is 0 Å². The van der Waals surface area contributed by atoms with Gasteiger partial charge >= 0.3 is 0 Å². The molecule has 0 spiro atoms. The van der Waals surface area contributed by atoms with E-state index < -0.39 is 0 Å². The van der Waals surface area contributed by atoms with E-state index >= 15 is 0 Å².